The second kappa shape index (κ2) is 18.1. The van der Waals surface area contributed by atoms with Crippen molar-refractivity contribution >= 4 is 28.8 Å². The monoisotopic (exact) mass is 684 g/mol. The van der Waals surface area contributed by atoms with Gasteiger partial charge in [-0.15, -0.1) is 0 Å². The highest BCUT2D eigenvalue weighted by Gasteiger charge is 2.27. The molecule has 0 saturated carbocycles. The Balaban J connectivity index is 1.82. The fourth-order valence-electron chi connectivity index (χ4n) is 4.75. The minimum Gasteiger partial charge on any atom is -0.378 e. The second-order valence-corrected chi connectivity index (χ2v) is 12.6. The van der Waals surface area contributed by atoms with Gasteiger partial charge < -0.3 is 20.5 Å². The van der Waals surface area contributed by atoms with Crippen molar-refractivity contribution in [2.75, 3.05) is 26.2 Å². The molecule has 41 heavy (non-hydrogen) atoms. The van der Waals surface area contributed by atoms with E-state index in [1.165, 1.54) is 6.07 Å². The first kappa shape index (κ1) is 35.6. The van der Waals surface area contributed by atoms with Crippen molar-refractivity contribution in [1.82, 2.24) is 19.5 Å². The van der Waals surface area contributed by atoms with E-state index in [1.807, 2.05) is 50.2 Å². The van der Waals surface area contributed by atoms with E-state index in [-0.39, 0.29) is 47.5 Å². The number of hydrogen-bond acceptors (Lipinski definition) is 6. The van der Waals surface area contributed by atoms with Gasteiger partial charge in [0.05, 0.1) is 13.2 Å². The molecule has 0 bridgehead atoms. The van der Waals surface area contributed by atoms with Gasteiger partial charge in [0.15, 0.2) is 0 Å². The third-order valence-corrected chi connectivity index (χ3v) is 8.22. The lowest BCUT2D eigenvalue weighted by atomic mass is 9.91. The molecule has 5 N–H and O–H groups in total. The molecule has 4 atom stereocenters. The van der Waals surface area contributed by atoms with Crippen molar-refractivity contribution in [3.05, 3.63) is 71.0 Å². The van der Waals surface area contributed by atoms with Crippen LogP contribution in [0.2, 0.25) is 0 Å². The molecule has 0 heterocycles. The van der Waals surface area contributed by atoms with Gasteiger partial charge in [0.25, 0.3) is 0 Å². The Kier molecular flexibility index (Phi) is 15.7. The summed E-state index contributed by atoms with van der Waals surface area (Å²) in [6.07, 6.45) is 0.120. The van der Waals surface area contributed by atoms with E-state index in [4.69, 9.17) is 4.74 Å². The molecule has 4 unspecified atom stereocenters. The van der Waals surface area contributed by atoms with E-state index in [0.717, 1.165) is 23.2 Å². The molecule has 0 aliphatic rings. The molecule has 2 aromatic carbocycles. The van der Waals surface area contributed by atoms with Crippen LogP contribution in [0.5, 0.6) is 0 Å². The second-order valence-electron chi connectivity index (χ2n) is 12.0. The quantitative estimate of drug-likeness (QED) is 0.0807. The summed E-state index contributed by atoms with van der Waals surface area (Å²) in [4.78, 5) is 12.8. The first-order valence-corrected chi connectivity index (χ1v) is 15.7. The van der Waals surface area contributed by atoms with Crippen LogP contribution in [-0.4, -0.2) is 55.6 Å². The molecule has 2 aromatic rings. The van der Waals surface area contributed by atoms with Crippen molar-refractivity contribution in [2.24, 2.45) is 11.3 Å². The van der Waals surface area contributed by atoms with Crippen LogP contribution in [-0.2, 0) is 22.6 Å². The lowest BCUT2D eigenvalue weighted by molar-refractivity contribution is -0.121. The maximum Gasteiger partial charge on any atom is 0.221 e. The fraction of sp³-hybridized carbons (Fsp3) is 0.594. The highest BCUT2D eigenvalue weighted by molar-refractivity contribution is 14.1. The number of nitrogens with one attached hydrogen (secondary N) is 4. The molecule has 0 aliphatic carbocycles. The molecule has 0 spiro atoms. The van der Waals surface area contributed by atoms with Gasteiger partial charge in [-0.25, -0.2) is 4.39 Å². The van der Waals surface area contributed by atoms with Gasteiger partial charge in [0.2, 0.25) is 5.91 Å². The minimum absolute atomic E-state index is 0.0129. The van der Waals surface area contributed by atoms with Gasteiger partial charge in [0, 0.05) is 60.4 Å². The molecular formula is C32H50FIN4O3. The number of rotatable bonds is 19. The highest BCUT2D eigenvalue weighted by Crippen LogP contribution is 2.23. The van der Waals surface area contributed by atoms with Crippen LogP contribution >= 0.6 is 22.9 Å². The highest BCUT2D eigenvalue weighted by atomic mass is 127. The summed E-state index contributed by atoms with van der Waals surface area (Å²) in [5.41, 5.74) is 2.86. The van der Waals surface area contributed by atoms with Crippen LogP contribution in [0, 0.1) is 17.2 Å². The topological polar surface area (TPSA) is 94.7 Å². The van der Waals surface area contributed by atoms with E-state index >= 15 is 0 Å². The van der Waals surface area contributed by atoms with Crippen LogP contribution in [0.4, 0.5) is 4.39 Å². The number of benzene rings is 2. The number of likely N-dealkylation sites (N-methyl/N-ethyl adjacent to an activating group) is 1. The molecule has 1 amide bonds. The van der Waals surface area contributed by atoms with Crippen molar-refractivity contribution in [3.63, 3.8) is 0 Å². The zero-order valence-corrected chi connectivity index (χ0v) is 27.6. The maximum absolute atomic E-state index is 13.9. The first-order valence-electron chi connectivity index (χ1n) is 14.6. The van der Waals surface area contributed by atoms with E-state index < -0.39 is 6.23 Å². The number of ether oxygens (including phenoxy) is 1. The number of halogens is 2. The number of hydrogen-bond donors (Lipinski definition) is 5. The lowest BCUT2D eigenvalue weighted by Gasteiger charge is -2.32. The van der Waals surface area contributed by atoms with Gasteiger partial charge in [-0.2, -0.15) is 0 Å². The molecule has 0 aliphatic heterocycles. The lowest BCUT2D eigenvalue weighted by Crippen LogP contribution is -2.51. The van der Waals surface area contributed by atoms with Gasteiger partial charge in [-0.3, -0.25) is 13.6 Å². The predicted molar refractivity (Wildman–Crippen MR) is 173 cm³/mol. The average molecular weight is 685 g/mol. The molecule has 230 valence electrons. The van der Waals surface area contributed by atoms with Gasteiger partial charge in [-0.05, 0) is 53.1 Å². The summed E-state index contributed by atoms with van der Waals surface area (Å²) in [6, 6.07) is 14.8. The number of aliphatic hydroxyl groups excluding tert-OH is 1. The Bertz CT molecular complexity index is 1040. The summed E-state index contributed by atoms with van der Waals surface area (Å²) in [5, 5.41) is 20.7. The first-order chi connectivity index (χ1) is 19.5. The van der Waals surface area contributed by atoms with Crippen molar-refractivity contribution in [3.8, 4) is 0 Å². The largest absolute Gasteiger partial charge is 0.378 e. The normalized spacial score (nSPS) is 15.0. The molecule has 0 aromatic heterocycles. The summed E-state index contributed by atoms with van der Waals surface area (Å²) in [7, 11) is 0. The number of aliphatic hydroxyl groups is 1. The fourth-order valence-corrected chi connectivity index (χ4v) is 5.19. The van der Waals surface area contributed by atoms with Gasteiger partial charge in [-0.1, -0.05) is 77.9 Å². The third-order valence-electron chi connectivity index (χ3n) is 7.34. The Hall–Kier alpha value is -1.63. The molecule has 9 heteroatoms. The maximum atomic E-state index is 13.9. The van der Waals surface area contributed by atoms with Crippen LogP contribution in [0.15, 0.2) is 48.5 Å². The summed E-state index contributed by atoms with van der Waals surface area (Å²) in [6.45, 7) is 15.1. The zero-order chi connectivity index (χ0) is 30.4. The van der Waals surface area contributed by atoms with E-state index in [9.17, 15) is 14.3 Å². The van der Waals surface area contributed by atoms with Gasteiger partial charge in [0.1, 0.15) is 12.0 Å². The Morgan fingerprint density at radius 3 is 2.41 bits per heavy atom. The molecule has 2 rings (SSSR count). The SMILES string of the molecule is CCNC(COCc1ccccc1)C(C)C(O)NCC(C)(C)CNC(=O)CC(Cc1cc(F)ccc1C(C)C)NI. The molecule has 0 fully saturated rings. The Labute approximate surface area is 260 Å². The van der Waals surface area contributed by atoms with Crippen molar-refractivity contribution in [1.29, 1.82) is 0 Å². The summed E-state index contributed by atoms with van der Waals surface area (Å²) < 4.78 is 23.1. The standard InChI is InChI=1S/C32H50FIN4O3/c1-7-35-29(19-41-18-24-11-9-8-10-12-24)23(4)31(40)37-21-32(5,6)20-36-30(39)17-27(38-34)16-25-15-26(33)13-14-28(25)22(2)3/h8-15,22-23,27,29,31,35,37-38,40H,7,16-21H2,1-6H3,(H,36,39). The molecular weight excluding hydrogens is 634 g/mol. The molecule has 0 radical (unpaired) electrons. The van der Waals surface area contributed by atoms with Crippen molar-refractivity contribution < 1.29 is 19.0 Å². The van der Waals surface area contributed by atoms with Crippen molar-refractivity contribution in [2.45, 2.75) is 85.2 Å². The predicted octanol–water partition coefficient (Wildman–Crippen LogP) is 5.07. The summed E-state index contributed by atoms with van der Waals surface area (Å²) in [5.74, 6) is -0.143. The smallest absolute Gasteiger partial charge is 0.221 e. The number of carbonyl (C=O) groups excluding carboxylic acids is 1. The zero-order valence-electron chi connectivity index (χ0n) is 25.5. The van der Waals surface area contributed by atoms with Gasteiger partial charge >= 0.3 is 0 Å². The Morgan fingerprint density at radius 2 is 1.78 bits per heavy atom. The van der Waals surface area contributed by atoms with E-state index in [0.29, 0.717) is 32.7 Å². The van der Waals surface area contributed by atoms with Crippen LogP contribution in [0.25, 0.3) is 0 Å². The number of amides is 1. The van der Waals surface area contributed by atoms with E-state index in [1.54, 1.807) is 6.07 Å². The Morgan fingerprint density at radius 1 is 1.07 bits per heavy atom. The number of carbonyl (C=O) groups is 1. The molecule has 0 saturated heterocycles. The van der Waals surface area contributed by atoms with Crippen LogP contribution in [0.1, 0.15) is 70.6 Å². The van der Waals surface area contributed by atoms with Crippen LogP contribution in [0.3, 0.4) is 0 Å². The van der Waals surface area contributed by atoms with Crippen LogP contribution < -0.4 is 19.5 Å². The summed E-state index contributed by atoms with van der Waals surface area (Å²) >= 11 is 2.06. The third kappa shape index (κ3) is 13.0. The average Bonchev–Trinajstić information content (AvgIpc) is 2.94. The molecule has 7 nitrogen and oxygen atoms in total. The minimum atomic E-state index is -0.733. The van der Waals surface area contributed by atoms with E-state index in [2.05, 4.69) is 70.0 Å².